The molecule has 0 bridgehead atoms. The molecule has 2 aromatic carbocycles. The van der Waals surface area contributed by atoms with Gasteiger partial charge < -0.3 is 4.42 Å². The number of Topliss-reactive ketones (excluding diaryl/α,β-unsaturated/α-hetero) is 1. The second kappa shape index (κ2) is 7.44. The third-order valence-corrected chi connectivity index (χ3v) is 3.71. The minimum absolute atomic E-state index is 0.0237. The van der Waals surface area contributed by atoms with Crippen molar-refractivity contribution >= 4 is 28.4 Å². The molecular weight excluding hydrogens is 320 g/mol. The van der Waals surface area contributed by atoms with Crippen LogP contribution in [0.2, 0.25) is 0 Å². The van der Waals surface area contributed by atoms with Crippen molar-refractivity contribution in [1.82, 2.24) is 10.9 Å². The molecule has 0 aliphatic carbocycles. The molecule has 3 rings (SSSR count). The molecule has 0 fully saturated rings. The van der Waals surface area contributed by atoms with Gasteiger partial charge in [-0.3, -0.25) is 25.2 Å². The molecule has 0 unspecified atom stereocenters. The molecule has 2 N–H and O–H groups in total. The van der Waals surface area contributed by atoms with Crippen LogP contribution in [0.25, 0.3) is 10.8 Å². The summed E-state index contributed by atoms with van der Waals surface area (Å²) in [5, 5.41) is 2.03. The summed E-state index contributed by atoms with van der Waals surface area (Å²) >= 11 is 0. The van der Waals surface area contributed by atoms with E-state index in [0.29, 0.717) is 5.56 Å². The third-order valence-electron chi connectivity index (χ3n) is 3.71. The first-order valence-electron chi connectivity index (χ1n) is 7.78. The van der Waals surface area contributed by atoms with Crippen LogP contribution in [0.3, 0.4) is 0 Å². The van der Waals surface area contributed by atoms with E-state index in [1.54, 1.807) is 12.1 Å². The first-order valence-corrected chi connectivity index (χ1v) is 7.78. The van der Waals surface area contributed by atoms with Crippen molar-refractivity contribution in [3.63, 3.8) is 0 Å². The Labute approximate surface area is 143 Å². The number of furan rings is 1. The number of amides is 2. The van der Waals surface area contributed by atoms with Gasteiger partial charge in [0.2, 0.25) is 5.91 Å². The normalized spacial score (nSPS) is 10.4. The Morgan fingerprint density at radius 1 is 0.840 bits per heavy atom. The highest BCUT2D eigenvalue weighted by atomic mass is 16.3. The molecule has 6 heteroatoms. The van der Waals surface area contributed by atoms with Crippen molar-refractivity contribution in [2.24, 2.45) is 0 Å². The van der Waals surface area contributed by atoms with Gasteiger partial charge in [-0.15, -0.1) is 0 Å². The summed E-state index contributed by atoms with van der Waals surface area (Å²) in [6.07, 6.45) is 1.39. The fourth-order valence-electron chi connectivity index (χ4n) is 2.39. The molecule has 1 aromatic heterocycles. The van der Waals surface area contributed by atoms with Gasteiger partial charge >= 0.3 is 5.91 Å². The van der Waals surface area contributed by atoms with Gasteiger partial charge in [-0.2, -0.15) is 0 Å². The zero-order valence-corrected chi connectivity index (χ0v) is 13.3. The number of rotatable bonds is 5. The van der Waals surface area contributed by atoms with Crippen LogP contribution in [0.4, 0.5) is 0 Å². The van der Waals surface area contributed by atoms with Crippen LogP contribution in [-0.4, -0.2) is 17.6 Å². The predicted octanol–water partition coefficient (Wildman–Crippen LogP) is 2.86. The summed E-state index contributed by atoms with van der Waals surface area (Å²) in [5.74, 6) is -1.04. The Morgan fingerprint density at radius 3 is 2.40 bits per heavy atom. The van der Waals surface area contributed by atoms with Gasteiger partial charge in [0.25, 0.3) is 0 Å². The smallest absolute Gasteiger partial charge is 0.305 e. The average Bonchev–Trinajstić information content (AvgIpc) is 3.18. The molecule has 25 heavy (non-hydrogen) atoms. The predicted molar refractivity (Wildman–Crippen MR) is 91.8 cm³/mol. The Bertz CT molecular complexity index is 916. The van der Waals surface area contributed by atoms with Crippen molar-refractivity contribution < 1.29 is 18.8 Å². The lowest BCUT2D eigenvalue weighted by atomic mass is 10.0. The average molecular weight is 336 g/mol. The van der Waals surface area contributed by atoms with Crippen LogP contribution in [0.1, 0.15) is 33.8 Å². The molecule has 0 atom stereocenters. The van der Waals surface area contributed by atoms with E-state index in [-0.39, 0.29) is 24.4 Å². The number of benzene rings is 2. The van der Waals surface area contributed by atoms with Gasteiger partial charge in [-0.05, 0) is 29.0 Å². The fourth-order valence-corrected chi connectivity index (χ4v) is 2.39. The first kappa shape index (κ1) is 16.4. The molecule has 0 spiro atoms. The van der Waals surface area contributed by atoms with E-state index in [1.807, 2.05) is 36.4 Å². The number of carbonyl (C=O) groups is 3. The SMILES string of the molecule is O=C(CCC(=O)c1ccc2ccccc2c1)NNC(=O)c1ccco1. The number of hydrazine groups is 1. The molecule has 0 aliphatic heterocycles. The zero-order chi connectivity index (χ0) is 17.6. The van der Waals surface area contributed by atoms with Gasteiger partial charge in [0, 0.05) is 18.4 Å². The Hall–Kier alpha value is -3.41. The lowest BCUT2D eigenvalue weighted by Gasteiger charge is -2.06. The van der Waals surface area contributed by atoms with Crippen LogP contribution in [0, 0.1) is 0 Å². The lowest BCUT2D eigenvalue weighted by Crippen LogP contribution is -2.41. The van der Waals surface area contributed by atoms with Crippen LogP contribution >= 0.6 is 0 Å². The highest BCUT2D eigenvalue weighted by Gasteiger charge is 2.12. The van der Waals surface area contributed by atoms with Crippen LogP contribution in [0.5, 0.6) is 0 Å². The van der Waals surface area contributed by atoms with Crippen molar-refractivity contribution in [3.05, 3.63) is 72.2 Å². The summed E-state index contributed by atoms with van der Waals surface area (Å²) in [4.78, 5) is 35.6. The molecule has 0 saturated carbocycles. The van der Waals surface area contributed by atoms with Crippen molar-refractivity contribution in [1.29, 1.82) is 0 Å². The van der Waals surface area contributed by atoms with Gasteiger partial charge in [0.05, 0.1) is 6.26 Å². The monoisotopic (exact) mass is 336 g/mol. The lowest BCUT2D eigenvalue weighted by molar-refractivity contribution is -0.121. The fraction of sp³-hybridized carbons (Fsp3) is 0.105. The highest BCUT2D eigenvalue weighted by Crippen LogP contribution is 2.17. The minimum atomic E-state index is -0.556. The molecular formula is C19H16N2O4. The molecule has 6 nitrogen and oxygen atoms in total. The standard InChI is InChI=1S/C19H16N2O4/c22-16(15-8-7-13-4-1-2-5-14(13)12-15)9-10-18(23)20-21-19(24)17-6-3-11-25-17/h1-8,11-12H,9-10H2,(H,20,23)(H,21,24). The van der Waals surface area contributed by atoms with E-state index in [4.69, 9.17) is 4.42 Å². The molecule has 0 radical (unpaired) electrons. The highest BCUT2D eigenvalue weighted by molar-refractivity contribution is 6.01. The summed E-state index contributed by atoms with van der Waals surface area (Å²) < 4.78 is 4.90. The number of hydrogen-bond donors (Lipinski definition) is 2. The van der Waals surface area contributed by atoms with E-state index in [0.717, 1.165) is 10.8 Å². The second-order valence-electron chi connectivity index (χ2n) is 5.46. The van der Waals surface area contributed by atoms with Crippen LogP contribution < -0.4 is 10.9 Å². The van der Waals surface area contributed by atoms with E-state index < -0.39 is 11.8 Å². The Balaban J connectivity index is 1.50. The third kappa shape index (κ3) is 4.11. The second-order valence-corrected chi connectivity index (χ2v) is 5.46. The molecule has 0 saturated heterocycles. The number of nitrogens with one attached hydrogen (secondary N) is 2. The maximum Gasteiger partial charge on any atom is 0.305 e. The topological polar surface area (TPSA) is 88.4 Å². The summed E-state index contributed by atoms with van der Waals surface area (Å²) in [5.41, 5.74) is 5.05. The number of carbonyl (C=O) groups excluding carboxylic acids is 3. The van der Waals surface area contributed by atoms with Crippen molar-refractivity contribution in [3.8, 4) is 0 Å². The quantitative estimate of drug-likeness (QED) is 0.554. The zero-order valence-electron chi connectivity index (χ0n) is 13.3. The van der Waals surface area contributed by atoms with Crippen LogP contribution in [0.15, 0.2) is 65.3 Å². The van der Waals surface area contributed by atoms with E-state index in [1.165, 1.54) is 12.3 Å². The number of hydrogen-bond acceptors (Lipinski definition) is 4. The number of ketones is 1. The van der Waals surface area contributed by atoms with E-state index in [2.05, 4.69) is 10.9 Å². The summed E-state index contributed by atoms with van der Waals surface area (Å²) in [7, 11) is 0. The number of fused-ring (bicyclic) bond motifs is 1. The largest absolute Gasteiger partial charge is 0.459 e. The summed E-state index contributed by atoms with van der Waals surface area (Å²) in [6, 6.07) is 16.2. The molecule has 126 valence electrons. The summed E-state index contributed by atoms with van der Waals surface area (Å²) in [6.45, 7) is 0. The molecule has 1 heterocycles. The van der Waals surface area contributed by atoms with E-state index >= 15 is 0 Å². The molecule has 0 aliphatic rings. The first-order chi connectivity index (χ1) is 12.1. The maximum absolute atomic E-state index is 12.2. The van der Waals surface area contributed by atoms with Gasteiger partial charge in [-0.1, -0.05) is 36.4 Å². The van der Waals surface area contributed by atoms with Gasteiger partial charge in [-0.25, -0.2) is 0 Å². The van der Waals surface area contributed by atoms with E-state index in [9.17, 15) is 14.4 Å². The molecule has 2 amide bonds. The van der Waals surface area contributed by atoms with Crippen molar-refractivity contribution in [2.45, 2.75) is 12.8 Å². The minimum Gasteiger partial charge on any atom is -0.459 e. The van der Waals surface area contributed by atoms with Crippen molar-refractivity contribution in [2.75, 3.05) is 0 Å². The van der Waals surface area contributed by atoms with Crippen LogP contribution in [-0.2, 0) is 4.79 Å². The van der Waals surface area contributed by atoms with Gasteiger partial charge in [0.1, 0.15) is 0 Å². The Kier molecular flexibility index (Phi) is 4.89. The molecule has 3 aromatic rings. The maximum atomic E-state index is 12.2. The van der Waals surface area contributed by atoms with Gasteiger partial charge in [0.15, 0.2) is 11.5 Å². The Morgan fingerprint density at radius 2 is 1.64 bits per heavy atom.